The molecule has 3 nitrogen and oxygen atoms in total. The maximum absolute atomic E-state index is 13.7. The van der Waals surface area contributed by atoms with E-state index in [0.29, 0.717) is 11.8 Å². The molecule has 162 valence electrons. The Kier molecular flexibility index (Phi) is 6.07. The largest absolute Gasteiger partial charge is 0.357 e. The minimum atomic E-state index is -0.0631. The molecule has 2 saturated heterocycles. The summed E-state index contributed by atoms with van der Waals surface area (Å²) < 4.78 is -0.0631. The smallest absolute Gasteiger partial charge is 0.226 e. The Morgan fingerprint density at radius 2 is 1.81 bits per heavy atom. The van der Waals surface area contributed by atoms with Gasteiger partial charge in [0, 0.05) is 36.1 Å². The lowest BCUT2D eigenvalue weighted by Gasteiger charge is -2.48. The fraction of sp³-hybridized carbons (Fsp3) is 0.423. The van der Waals surface area contributed by atoms with Gasteiger partial charge in [-0.3, -0.25) is 4.79 Å². The van der Waals surface area contributed by atoms with Crippen LogP contribution in [0.3, 0.4) is 0 Å². The number of piperidine rings is 1. The zero-order valence-electron chi connectivity index (χ0n) is 18.0. The number of rotatable bonds is 5. The van der Waals surface area contributed by atoms with Crippen LogP contribution in [0.15, 0.2) is 60.7 Å². The van der Waals surface area contributed by atoms with Crippen molar-refractivity contribution in [3.63, 3.8) is 0 Å². The number of para-hydroxylation sites is 1. The molecule has 2 fully saturated rings. The fourth-order valence-corrected chi connectivity index (χ4v) is 8.99. The Morgan fingerprint density at radius 1 is 1.06 bits per heavy atom. The molecule has 1 aromatic heterocycles. The Bertz CT molecular complexity index is 1010. The van der Waals surface area contributed by atoms with Gasteiger partial charge in [-0.15, -0.1) is 23.5 Å². The highest BCUT2D eigenvalue weighted by atomic mass is 32.2. The zero-order valence-corrected chi connectivity index (χ0v) is 19.7. The highest BCUT2D eigenvalue weighted by Crippen LogP contribution is 2.59. The van der Waals surface area contributed by atoms with Crippen molar-refractivity contribution in [2.75, 3.05) is 18.1 Å². The van der Waals surface area contributed by atoms with E-state index in [1.807, 2.05) is 6.07 Å². The number of aromatic amines is 1. The summed E-state index contributed by atoms with van der Waals surface area (Å²) in [5, 5.41) is 1.27. The van der Waals surface area contributed by atoms with Crippen molar-refractivity contribution in [3.05, 3.63) is 71.9 Å². The van der Waals surface area contributed by atoms with Crippen LogP contribution in [0.25, 0.3) is 10.9 Å². The monoisotopic (exact) mass is 450 g/mol. The second kappa shape index (κ2) is 8.95. The van der Waals surface area contributed by atoms with Gasteiger partial charge < -0.3 is 9.88 Å². The predicted octanol–water partition coefficient (Wildman–Crippen LogP) is 6.27. The lowest BCUT2D eigenvalue weighted by molar-refractivity contribution is -0.142. The second-order valence-corrected chi connectivity index (χ2v) is 11.6. The Morgan fingerprint density at radius 3 is 2.55 bits per heavy atom. The summed E-state index contributed by atoms with van der Waals surface area (Å²) in [5.74, 6) is 3.08. The number of amides is 1. The van der Waals surface area contributed by atoms with Gasteiger partial charge >= 0.3 is 0 Å². The number of hydrogen-bond donors (Lipinski definition) is 1. The number of carbonyl (C=O) groups is 1. The molecule has 3 heterocycles. The van der Waals surface area contributed by atoms with Crippen LogP contribution in [0.2, 0.25) is 0 Å². The number of nitrogens with one attached hydrogen (secondary N) is 1. The van der Waals surface area contributed by atoms with Gasteiger partial charge in [0.2, 0.25) is 5.91 Å². The van der Waals surface area contributed by atoms with E-state index in [0.717, 1.165) is 37.4 Å². The quantitative estimate of drug-likeness (QED) is 0.498. The first-order chi connectivity index (χ1) is 15.2. The van der Waals surface area contributed by atoms with Crippen molar-refractivity contribution in [3.8, 4) is 0 Å². The molecule has 0 spiro atoms. The van der Waals surface area contributed by atoms with Crippen LogP contribution in [0.4, 0.5) is 0 Å². The van der Waals surface area contributed by atoms with Gasteiger partial charge in [-0.2, -0.15) is 0 Å². The average Bonchev–Trinajstić information content (AvgIpc) is 3.26. The second-order valence-electron chi connectivity index (χ2n) is 8.64. The molecule has 2 aromatic carbocycles. The van der Waals surface area contributed by atoms with E-state index >= 15 is 0 Å². The Hall–Kier alpha value is -1.85. The number of likely N-dealkylation sites (tertiary alicyclic amines) is 1. The van der Waals surface area contributed by atoms with Gasteiger partial charge in [0.1, 0.15) is 4.08 Å². The highest BCUT2D eigenvalue weighted by Gasteiger charge is 2.51. The van der Waals surface area contributed by atoms with Crippen LogP contribution < -0.4 is 0 Å². The molecule has 2 aliphatic rings. The van der Waals surface area contributed by atoms with E-state index in [1.165, 1.54) is 28.6 Å². The Balaban J connectivity index is 1.47. The highest BCUT2D eigenvalue weighted by molar-refractivity contribution is 8.18. The van der Waals surface area contributed by atoms with Gasteiger partial charge in [0.25, 0.3) is 0 Å². The van der Waals surface area contributed by atoms with Crippen molar-refractivity contribution in [2.45, 2.75) is 36.8 Å². The van der Waals surface area contributed by atoms with Gasteiger partial charge in [-0.25, -0.2) is 0 Å². The van der Waals surface area contributed by atoms with Crippen LogP contribution in [-0.4, -0.2) is 33.8 Å². The molecule has 2 atom stereocenters. The van der Waals surface area contributed by atoms with Gasteiger partial charge in [0.05, 0.1) is 0 Å². The average molecular weight is 451 g/mol. The van der Waals surface area contributed by atoms with E-state index < -0.39 is 0 Å². The molecule has 5 heteroatoms. The van der Waals surface area contributed by atoms with Crippen LogP contribution in [0, 0.1) is 11.8 Å². The summed E-state index contributed by atoms with van der Waals surface area (Å²) in [6.45, 7) is 3.76. The molecular weight excluding hydrogens is 420 g/mol. The summed E-state index contributed by atoms with van der Waals surface area (Å²) in [4.78, 5) is 19.5. The van der Waals surface area contributed by atoms with Crippen LogP contribution in [0.5, 0.6) is 0 Å². The molecule has 0 unspecified atom stereocenters. The number of hydrogen-bond acceptors (Lipinski definition) is 3. The number of nitrogens with zero attached hydrogens (tertiary/aromatic N) is 1. The Labute approximate surface area is 193 Å². The maximum Gasteiger partial charge on any atom is 0.226 e. The number of carbonyl (C=O) groups excluding carboxylic acids is 1. The zero-order chi connectivity index (χ0) is 21.3. The minimum absolute atomic E-state index is 0.0631. The fourth-order valence-electron chi connectivity index (χ4n) is 5.27. The molecule has 3 aromatic rings. The van der Waals surface area contributed by atoms with Crippen LogP contribution in [-0.2, 0) is 15.4 Å². The van der Waals surface area contributed by atoms with Gasteiger partial charge in [0.15, 0.2) is 0 Å². The molecule has 5 rings (SSSR count). The van der Waals surface area contributed by atoms with E-state index in [9.17, 15) is 4.79 Å². The first-order valence-electron chi connectivity index (χ1n) is 11.4. The third-order valence-corrected chi connectivity index (χ3v) is 10.4. The first-order valence-corrected chi connectivity index (χ1v) is 13.4. The number of aromatic nitrogens is 1. The van der Waals surface area contributed by atoms with Gasteiger partial charge in [-0.05, 0) is 53.9 Å². The van der Waals surface area contributed by atoms with E-state index in [4.69, 9.17) is 0 Å². The number of fused-ring (bicyclic) bond motifs is 1. The summed E-state index contributed by atoms with van der Waals surface area (Å²) in [6.07, 6.45) is 3.21. The third kappa shape index (κ3) is 3.91. The number of thioether (sulfide) groups is 2. The van der Waals surface area contributed by atoms with E-state index in [-0.39, 0.29) is 10.00 Å². The van der Waals surface area contributed by atoms with Crippen molar-refractivity contribution >= 4 is 40.3 Å². The molecule has 0 bridgehead atoms. The molecule has 31 heavy (non-hydrogen) atoms. The topological polar surface area (TPSA) is 36.1 Å². The predicted molar refractivity (Wildman–Crippen MR) is 133 cm³/mol. The summed E-state index contributed by atoms with van der Waals surface area (Å²) in [7, 11) is 0. The van der Waals surface area contributed by atoms with Crippen molar-refractivity contribution in [1.29, 1.82) is 0 Å². The normalized spacial score (nSPS) is 23.9. The molecular formula is C26H30N2OS2. The van der Waals surface area contributed by atoms with Crippen molar-refractivity contribution in [1.82, 2.24) is 9.88 Å². The minimum Gasteiger partial charge on any atom is -0.357 e. The molecule has 0 saturated carbocycles. The number of benzene rings is 2. The lowest BCUT2D eigenvalue weighted by atomic mass is 9.79. The molecule has 2 aliphatic heterocycles. The molecule has 0 aliphatic carbocycles. The summed E-state index contributed by atoms with van der Waals surface area (Å²) >= 11 is 4.15. The summed E-state index contributed by atoms with van der Waals surface area (Å²) in [5.41, 5.74) is 3.72. The molecule has 0 radical (unpaired) electrons. The standard InChI is InChI=1S/C26H30N2OS2/c1-2-21-22(13-14-28(25(21)29)18-19-9-4-3-5-10-19)26(30-15-8-16-31-26)24-17-20-11-6-7-12-23(20)27-24/h3-7,9-12,17,21-22,27H,2,8,13-16,18H2,1H3/t21-,22-/m1/s1. The lowest BCUT2D eigenvalue weighted by Crippen LogP contribution is -2.50. The van der Waals surface area contributed by atoms with Crippen molar-refractivity contribution in [2.24, 2.45) is 11.8 Å². The molecule has 1 N–H and O–H groups in total. The third-order valence-electron chi connectivity index (χ3n) is 6.80. The van der Waals surface area contributed by atoms with E-state index in [2.05, 4.69) is 94.9 Å². The maximum atomic E-state index is 13.7. The van der Waals surface area contributed by atoms with Crippen LogP contribution in [0.1, 0.15) is 37.4 Å². The molecule has 1 amide bonds. The van der Waals surface area contributed by atoms with Gasteiger partial charge in [-0.1, -0.05) is 55.5 Å². The van der Waals surface area contributed by atoms with E-state index in [1.54, 1.807) is 0 Å². The number of H-pyrrole nitrogens is 1. The van der Waals surface area contributed by atoms with Crippen LogP contribution >= 0.6 is 23.5 Å². The first kappa shape index (κ1) is 21.0. The summed E-state index contributed by atoms with van der Waals surface area (Å²) in [6, 6.07) is 21.3. The van der Waals surface area contributed by atoms with Crippen molar-refractivity contribution < 1.29 is 4.79 Å². The SMILES string of the molecule is CC[C@H]1C(=O)N(Cc2ccccc2)CC[C@H]1C1(c2cc3ccccc3[nH]2)SCCCS1.